The van der Waals surface area contributed by atoms with Crippen molar-refractivity contribution < 1.29 is 9.18 Å². The van der Waals surface area contributed by atoms with Crippen LogP contribution in [0, 0.1) is 5.82 Å². The minimum Gasteiger partial charge on any atom is -0.363 e. The molecule has 2 aromatic heterocycles. The Morgan fingerprint density at radius 1 is 1.00 bits per heavy atom. The molecule has 3 aromatic rings. The van der Waals surface area contributed by atoms with Gasteiger partial charge in [0.2, 0.25) is 0 Å². The zero-order chi connectivity index (χ0) is 16.8. The molecule has 0 fully saturated rings. The average molecular weight is 323 g/mol. The molecule has 1 aromatic carbocycles. The maximum Gasteiger partial charge on any atom is 0.256 e. The van der Waals surface area contributed by atoms with Crippen molar-refractivity contribution in [1.29, 1.82) is 0 Å². The van der Waals surface area contributed by atoms with E-state index in [-0.39, 0.29) is 11.4 Å². The molecule has 24 heavy (non-hydrogen) atoms. The number of aromatic nitrogens is 3. The number of hydrogen-bond acceptors (Lipinski definition) is 5. The van der Waals surface area contributed by atoms with E-state index in [4.69, 9.17) is 0 Å². The quantitative estimate of drug-likeness (QED) is 0.755. The molecule has 0 saturated heterocycles. The van der Waals surface area contributed by atoms with Gasteiger partial charge in [0.15, 0.2) is 5.82 Å². The second-order valence-electron chi connectivity index (χ2n) is 4.94. The Bertz CT molecular complexity index is 824. The van der Waals surface area contributed by atoms with E-state index in [2.05, 4.69) is 25.8 Å². The first-order chi connectivity index (χ1) is 11.7. The van der Waals surface area contributed by atoms with Gasteiger partial charge in [0, 0.05) is 11.8 Å². The van der Waals surface area contributed by atoms with Gasteiger partial charge in [-0.05, 0) is 42.5 Å². The third-order valence-corrected chi connectivity index (χ3v) is 3.17. The van der Waals surface area contributed by atoms with Crippen molar-refractivity contribution in [3.8, 4) is 0 Å². The van der Waals surface area contributed by atoms with E-state index in [1.54, 1.807) is 18.3 Å². The number of pyridine rings is 1. The number of benzene rings is 1. The SMILES string of the molecule is O=C(Nc1ccc(NCc2ccccn2)nn1)c1cccc(F)c1. The highest BCUT2D eigenvalue weighted by Gasteiger charge is 2.08. The Morgan fingerprint density at radius 2 is 1.83 bits per heavy atom. The van der Waals surface area contributed by atoms with Gasteiger partial charge in [0.1, 0.15) is 11.6 Å². The van der Waals surface area contributed by atoms with Crippen LogP contribution in [0.1, 0.15) is 16.1 Å². The summed E-state index contributed by atoms with van der Waals surface area (Å²) in [6.45, 7) is 0.518. The van der Waals surface area contributed by atoms with Crippen LogP contribution in [0.3, 0.4) is 0 Å². The third-order valence-electron chi connectivity index (χ3n) is 3.17. The molecule has 6 nitrogen and oxygen atoms in total. The van der Waals surface area contributed by atoms with Crippen LogP contribution in [0.2, 0.25) is 0 Å². The molecule has 2 heterocycles. The smallest absolute Gasteiger partial charge is 0.256 e. The van der Waals surface area contributed by atoms with Gasteiger partial charge in [-0.2, -0.15) is 0 Å². The fourth-order valence-electron chi connectivity index (χ4n) is 2.00. The van der Waals surface area contributed by atoms with Crippen molar-refractivity contribution >= 4 is 17.5 Å². The topological polar surface area (TPSA) is 79.8 Å². The van der Waals surface area contributed by atoms with E-state index < -0.39 is 11.7 Å². The highest BCUT2D eigenvalue weighted by atomic mass is 19.1. The zero-order valence-corrected chi connectivity index (χ0v) is 12.6. The van der Waals surface area contributed by atoms with E-state index >= 15 is 0 Å². The lowest BCUT2D eigenvalue weighted by atomic mass is 10.2. The van der Waals surface area contributed by atoms with Gasteiger partial charge in [0.05, 0.1) is 12.2 Å². The van der Waals surface area contributed by atoms with Gasteiger partial charge in [-0.3, -0.25) is 9.78 Å². The lowest BCUT2D eigenvalue weighted by Crippen LogP contribution is -2.14. The Balaban J connectivity index is 1.59. The fourth-order valence-corrected chi connectivity index (χ4v) is 2.00. The van der Waals surface area contributed by atoms with Gasteiger partial charge in [-0.1, -0.05) is 12.1 Å². The predicted octanol–water partition coefficient (Wildman–Crippen LogP) is 2.88. The first kappa shape index (κ1) is 15.5. The van der Waals surface area contributed by atoms with E-state index in [0.717, 1.165) is 11.8 Å². The molecule has 0 unspecified atom stereocenters. The monoisotopic (exact) mass is 323 g/mol. The Kier molecular flexibility index (Phi) is 4.71. The summed E-state index contributed by atoms with van der Waals surface area (Å²) >= 11 is 0. The van der Waals surface area contributed by atoms with Gasteiger partial charge >= 0.3 is 0 Å². The second kappa shape index (κ2) is 7.28. The van der Waals surface area contributed by atoms with Crippen LogP contribution < -0.4 is 10.6 Å². The highest BCUT2D eigenvalue weighted by molar-refractivity contribution is 6.03. The van der Waals surface area contributed by atoms with E-state index in [9.17, 15) is 9.18 Å². The molecule has 0 saturated carbocycles. The molecule has 3 rings (SSSR count). The second-order valence-corrected chi connectivity index (χ2v) is 4.94. The molecular weight excluding hydrogens is 309 g/mol. The van der Waals surface area contributed by atoms with Crippen molar-refractivity contribution in [1.82, 2.24) is 15.2 Å². The van der Waals surface area contributed by atoms with Crippen LogP contribution in [-0.4, -0.2) is 21.1 Å². The summed E-state index contributed by atoms with van der Waals surface area (Å²) in [4.78, 5) is 16.2. The van der Waals surface area contributed by atoms with Crippen LogP contribution in [0.25, 0.3) is 0 Å². The fraction of sp³-hybridized carbons (Fsp3) is 0.0588. The molecular formula is C17H14FN5O. The summed E-state index contributed by atoms with van der Waals surface area (Å²) in [5.41, 5.74) is 1.09. The summed E-state index contributed by atoms with van der Waals surface area (Å²) in [7, 11) is 0. The minimum atomic E-state index is -0.470. The zero-order valence-electron chi connectivity index (χ0n) is 12.6. The molecule has 7 heteroatoms. The maximum absolute atomic E-state index is 13.1. The summed E-state index contributed by atoms with van der Waals surface area (Å²) in [6.07, 6.45) is 1.72. The first-order valence-corrected chi connectivity index (χ1v) is 7.25. The van der Waals surface area contributed by atoms with Crippen LogP contribution in [0.5, 0.6) is 0 Å². The molecule has 0 aliphatic rings. The van der Waals surface area contributed by atoms with Crippen molar-refractivity contribution in [2.45, 2.75) is 6.54 Å². The van der Waals surface area contributed by atoms with Crippen molar-refractivity contribution in [3.05, 3.63) is 77.9 Å². The van der Waals surface area contributed by atoms with Crippen LogP contribution in [-0.2, 0) is 6.54 Å². The van der Waals surface area contributed by atoms with Crippen LogP contribution >= 0.6 is 0 Å². The Labute approximate surface area is 137 Å². The molecule has 2 N–H and O–H groups in total. The van der Waals surface area contributed by atoms with Gasteiger partial charge in [-0.25, -0.2) is 4.39 Å². The molecule has 0 radical (unpaired) electrons. The predicted molar refractivity (Wildman–Crippen MR) is 87.9 cm³/mol. The van der Waals surface area contributed by atoms with E-state index in [1.165, 1.54) is 18.2 Å². The normalized spacial score (nSPS) is 10.2. The highest BCUT2D eigenvalue weighted by Crippen LogP contribution is 2.10. The molecule has 0 atom stereocenters. The van der Waals surface area contributed by atoms with Crippen molar-refractivity contribution in [2.24, 2.45) is 0 Å². The number of carbonyl (C=O) groups excluding carboxylic acids is 1. The minimum absolute atomic E-state index is 0.217. The molecule has 0 aliphatic heterocycles. The lowest BCUT2D eigenvalue weighted by molar-refractivity contribution is 0.102. The van der Waals surface area contributed by atoms with E-state index in [1.807, 2.05) is 18.2 Å². The average Bonchev–Trinajstić information content (AvgIpc) is 2.62. The number of nitrogens with one attached hydrogen (secondary N) is 2. The van der Waals surface area contributed by atoms with Gasteiger partial charge in [0.25, 0.3) is 5.91 Å². The summed E-state index contributed by atoms with van der Waals surface area (Å²) in [5, 5.41) is 13.5. The number of carbonyl (C=O) groups is 1. The molecule has 0 spiro atoms. The van der Waals surface area contributed by atoms with Crippen LogP contribution in [0.15, 0.2) is 60.8 Å². The number of hydrogen-bond donors (Lipinski definition) is 2. The van der Waals surface area contributed by atoms with E-state index in [0.29, 0.717) is 12.4 Å². The summed E-state index contributed by atoms with van der Waals surface area (Å²) < 4.78 is 13.1. The molecule has 1 amide bonds. The largest absolute Gasteiger partial charge is 0.363 e. The molecule has 120 valence electrons. The molecule has 0 bridgehead atoms. The Hall–Kier alpha value is -3.35. The number of anilines is 2. The summed E-state index contributed by atoms with van der Waals surface area (Å²) in [6, 6.07) is 14.4. The lowest BCUT2D eigenvalue weighted by Gasteiger charge is -2.06. The summed E-state index contributed by atoms with van der Waals surface area (Å²) in [5.74, 6) is -0.0714. The number of rotatable bonds is 5. The van der Waals surface area contributed by atoms with Gasteiger partial charge in [-0.15, -0.1) is 10.2 Å². The number of halogens is 1. The van der Waals surface area contributed by atoms with Crippen molar-refractivity contribution in [2.75, 3.05) is 10.6 Å². The maximum atomic E-state index is 13.1. The molecule has 0 aliphatic carbocycles. The number of amides is 1. The van der Waals surface area contributed by atoms with Crippen molar-refractivity contribution in [3.63, 3.8) is 0 Å². The third kappa shape index (κ3) is 4.10. The van der Waals surface area contributed by atoms with Crippen LogP contribution in [0.4, 0.5) is 16.0 Å². The number of nitrogens with zero attached hydrogens (tertiary/aromatic N) is 3. The standard InChI is InChI=1S/C17H14FN5O/c18-13-5-3-4-12(10-13)17(24)21-16-8-7-15(22-23-16)20-11-14-6-1-2-9-19-14/h1-10H,11H2,(H,20,22)(H,21,23,24). The Morgan fingerprint density at radius 3 is 2.54 bits per heavy atom. The first-order valence-electron chi connectivity index (χ1n) is 7.25. The van der Waals surface area contributed by atoms with Gasteiger partial charge < -0.3 is 10.6 Å².